The SMILES string of the molecule is CCCCC1=NN2C(=N)/C(=C/c3ccc(OC(=O)c4cccs4)c(OC)c3)C(=O)N=C2S1. The largest absolute Gasteiger partial charge is 0.493 e. The Morgan fingerprint density at radius 2 is 2.12 bits per heavy atom. The molecule has 0 atom stereocenters. The number of amides is 1. The molecule has 2 aliphatic heterocycles. The lowest BCUT2D eigenvalue weighted by molar-refractivity contribution is -0.114. The second-order valence-electron chi connectivity index (χ2n) is 6.89. The number of esters is 1. The van der Waals surface area contributed by atoms with Gasteiger partial charge in [0, 0.05) is 0 Å². The maximum absolute atomic E-state index is 12.6. The van der Waals surface area contributed by atoms with Crippen LogP contribution < -0.4 is 9.47 Å². The fourth-order valence-electron chi connectivity index (χ4n) is 3.03. The molecule has 1 aromatic heterocycles. The highest BCUT2D eigenvalue weighted by Crippen LogP contribution is 2.32. The van der Waals surface area contributed by atoms with Crippen molar-refractivity contribution < 1.29 is 19.1 Å². The van der Waals surface area contributed by atoms with E-state index in [4.69, 9.17) is 14.9 Å². The van der Waals surface area contributed by atoms with Crippen LogP contribution in [0.3, 0.4) is 0 Å². The van der Waals surface area contributed by atoms with Gasteiger partial charge in [-0.05, 0) is 59.8 Å². The Hall–Kier alpha value is -3.24. The molecule has 8 nitrogen and oxygen atoms in total. The van der Waals surface area contributed by atoms with Gasteiger partial charge in [-0.3, -0.25) is 10.2 Å². The van der Waals surface area contributed by atoms with E-state index in [0.717, 1.165) is 24.3 Å². The summed E-state index contributed by atoms with van der Waals surface area (Å²) in [6.45, 7) is 2.10. The summed E-state index contributed by atoms with van der Waals surface area (Å²) < 4.78 is 10.8. The number of carbonyl (C=O) groups is 2. The van der Waals surface area contributed by atoms with Gasteiger partial charge in [-0.25, -0.2) is 4.79 Å². The van der Waals surface area contributed by atoms with Crippen LogP contribution in [0, 0.1) is 5.41 Å². The van der Waals surface area contributed by atoms with Crippen LogP contribution in [0.5, 0.6) is 11.5 Å². The minimum absolute atomic E-state index is 0.0221. The highest BCUT2D eigenvalue weighted by molar-refractivity contribution is 8.26. The summed E-state index contributed by atoms with van der Waals surface area (Å²) in [5.41, 5.74) is 0.729. The first-order valence-electron chi connectivity index (χ1n) is 9.93. The van der Waals surface area contributed by atoms with Crippen LogP contribution >= 0.6 is 23.1 Å². The van der Waals surface area contributed by atoms with E-state index in [1.807, 2.05) is 0 Å². The summed E-state index contributed by atoms with van der Waals surface area (Å²) in [5, 5.41) is 17.4. The van der Waals surface area contributed by atoms with E-state index < -0.39 is 11.9 Å². The highest BCUT2D eigenvalue weighted by Gasteiger charge is 2.35. The van der Waals surface area contributed by atoms with Gasteiger partial charge in [-0.1, -0.05) is 25.5 Å². The van der Waals surface area contributed by atoms with Gasteiger partial charge in [0.25, 0.3) is 5.91 Å². The summed E-state index contributed by atoms with van der Waals surface area (Å²) in [6, 6.07) is 8.36. The molecule has 1 N–H and O–H groups in total. The molecule has 10 heteroatoms. The number of ether oxygens (including phenoxy) is 2. The normalized spacial score (nSPS) is 16.7. The molecule has 0 unspecified atom stereocenters. The third kappa shape index (κ3) is 4.51. The molecular weight excluding hydrogens is 448 g/mol. The zero-order valence-corrected chi connectivity index (χ0v) is 19.1. The van der Waals surface area contributed by atoms with Gasteiger partial charge in [0.05, 0.1) is 12.7 Å². The molecule has 0 radical (unpaired) electrons. The number of hydrogen-bond donors (Lipinski definition) is 1. The van der Waals surface area contributed by atoms with Crippen molar-refractivity contribution in [1.82, 2.24) is 5.01 Å². The Morgan fingerprint density at radius 1 is 1.28 bits per heavy atom. The molecule has 0 spiro atoms. The smallest absolute Gasteiger partial charge is 0.353 e. The Balaban J connectivity index is 1.57. The predicted molar refractivity (Wildman–Crippen MR) is 127 cm³/mol. The van der Waals surface area contributed by atoms with Crippen molar-refractivity contribution >= 4 is 57.1 Å². The summed E-state index contributed by atoms with van der Waals surface area (Å²) in [5.74, 6) is -0.392. The van der Waals surface area contributed by atoms with Crippen LogP contribution in [-0.2, 0) is 4.79 Å². The zero-order valence-electron chi connectivity index (χ0n) is 17.5. The third-order valence-electron chi connectivity index (χ3n) is 4.66. The molecule has 0 aliphatic carbocycles. The third-order valence-corrected chi connectivity index (χ3v) is 6.48. The number of methoxy groups -OCH3 is 1. The Kier molecular flexibility index (Phi) is 6.52. The van der Waals surface area contributed by atoms with E-state index in [1.165, 1.54) is 35.2 Å². The lowest BCUT2D eigenvalue weighted by Crippen LogP contribution is -2.35. The van der Waals surface area contributed by atoms with Crippen molar-refractivity contribution in [3.05, 3.63) is 51.7 Å². The average Bonchev–Trinajstić information content (AvgIpc) is 3.46. The molecule has 32 heavy (non-hydrogen) atoms. The summed E-state index contributed by atoms with van der Waals surface area (Å²) in [7, 11) is 1.47. The van der Waals surface area contributed by atoms with Gasteiger partial charge in [0.2, 0.25) is 5.17 Å². The number of thioether (sulfide) groups is 1. The average molecular weight is 469 g/mol. The van der Waals surface area contributed by atoms with Gasteiger partial charge in [-0.2, -0.15) is 15.1 Å². The van der Waals surface area contributed by atoms with E-state index in [0.29, 0.717) is 21.4 Å². The number of amidine groups is 2. The minimum atomic E-state index is -0.493. The van der Waals surface area contributed by atoms with Gasteiger partial charge in [0.1, 0.15) is 9.92 Å². The summed E-state index contributed by atoms with van der Waals surface area (Å²) in [6.07, 6.45) is 4.37. The number of benzene rings is 1. The van der Waals surface area contributed by atoms with Crippen molar-refractivity contribution in [3.63, 3.8) is 0 Å². The summed E-state index contributed by atoms with van der Waals surface area (Å²) >= 11 is 2.62. The van der Waals surface area contributed by atoms with Crippen LogP contribution in [0.4, 0.5) is 0 Å². The monoisotopic (exact) mass is 468 g/mol. The number of rotatable bonds is 7. The number of unbranched alkanes of at least 4 members (excludes halogenated alkanes) is 1. The number of aliphatic imine (C=N–C) groups is 1. The molecule has 2 aromatic rings. The zero-order chi connectivity index (χ0) is 22.7. The number of hydrogen-bond acceptors (Lipinski definition) is 8. The Labute approximate surface area is 193 Å². The number of nitrogens with zero attached hydrogens (tertiary/aromatic N) is 3. The van der Waals surface area contributed by atoms with Crippen LogP contribution in [0.15, 0.2) is 51.4 Å². The van der Waals surface area contributed by atoms with Gasteiger partial charge < -0.3 is 9.47 Å². The maximum atomic E-state index is 12.6. The van der Waals surface area contributed by atoms with Crippen molar-refractivity contribution in [2.75, 3.05) is 7.11 Å². The topological polar surface area (TPSA) is 104 Å². The number of nitrogens with one attached hydrogen (secondary N) is 1. The molecule has 164 valence electrons. The molecule has 2 aliphatic rings. The van der Waals surface area contributed by atoms with Crippen molar-refractivity contribution in [2.45, 2.75) is 26.2 Å². The molecule has 0 bridgehead atoms. The Morgan fingerprint density at radius 3 is 2.84 bits per heavy atom. The van der Waals surface area contributed by atoms with Crippen LogP contribution in [0.1, 0.15) is 41.4 Å². The van der Waals surface area contributed by atoms with E-state index in [-0.39, 0.29) is 17.2 Å². The number of hydrazone groups is 1. The lowest BCUT2D eigenvalue weighted by Gasteiger charge is -2.20. The first-order chi connectivity index (χ1) is 15.5. The molecule has 0 fully saturated rings. The fourth-order valence-corrected chi connectivity index (χ4v) is 4.56. The van der Waals surface area contributed by atoms with Crippen molar-refractivity contribution in [2.24, 2.45) is 10.1 Å². The molecular formula is C22H20N4O4S2. The number of fused-ring (bicyclic) bond motifs is 1. The molecule has 1 aromatic carbocycles. The lowest BCUT2D eigenvalue weighted by atomic mass is 10.1. The van der Waals surface area contributed by atoms with Crippen molar-refractivity contribution in [1.29, 1.82) is 5.41 Å². The van der Waals surface area contributed by atoms with Gasteiger partial charge >= 0.3 is 5.97 Å². The maximum Gasteiger partial charge on any atom is 0.353 e. The van der Waals surface area contributed by atoms with Crippen LogP contribution in [0.2, 0.25) is 0 Å². The first kappa shape index (κ1) is 22.0. The fraction of sp³-hybridized carbons (Fsp3) is 0.227. The van der Waals surface area contributed by atoms with Gasteiger partial charge in [-0.15, -0.1) is 11.3 Å². The first-order valence-corrected chi connectivity index (χ1v) is 11.6. The highest BCUT2D eigenvalue weighted by atomic mass is 32.2. The predicted octanol–water partition coefficient (Wildman–Crippen LogP) is 4.79. The summed E-state index contributed by atoms with van der Waals surface area (Å²) in [4.78, 5) is 29.4. The Bertz CT molecular complexity index is 1170. The molecule has 4 rings (SSSR count). The van der Waals surface area contributed by atoms with E-state index in [9.17, 15) is 9.59 Å². The van der Waals surface area contributed by atoms with Crippen LogP contribution in [-0.4, -0.2) is 40.0 Å². The standard InChI is InChI=1S/C22H20N4O4S2/c1-3-4-7-18-25-26-19(23)14(20(27)24-22(26)32-18)11-13-8-9-15(16(12-13)29-2)30-21(28)17-6-5-10-31-17/h5-6,8-12,23H,3-4,7H2,1-2H3/b14-11-,23-19?. The molecule has 0 saturated carbocycles. The van der Waals surface area contributed by atoms with E-state index >= 15 is 0 Å². The number of thiophene rings is 1. The van der Waals surface area contributed by atoms with Crippen LogP contribution in [0.25, 0.3) is 6.08 Å². The number of carbonyl (C=O) groups excluding carboxylic acids is 2. The quantitative estimate of drug-likeness (QED) is 0.356. The molecule has 0 saturated heterocycles. The van der Waals surface area contributed by atoms with E-state index in [2.05, 4.69) is 17.0 Å². The van der Waals surface area contributed by atoms with Crippen molar-refractivity contribution in [3.8, 4) is 11.5 Å². The minimum Gasteiger partial charge on any atom is -0.493 e. The van der Waals surface area contributed by atoms with Gasteiger partial charge in [0.15, 0.2) is 17.3 Å². The molecule has 1 amide bonds. The van der Waals surface area contributed by atoms with E-state index in [1.54, 1.807) is 41.8 Å². The molecule has 3 heterocycles. The second kappa shape index (κ2) is 9.49. The second-order valence-corrected chi connectivity index (χ2v) is 8.88.